The predicted octanol–water partition coefficient (Wildman–Crippen LogP) is 2.40. The minimum absolute atomic E-state index is 0.196. The fourth-order valence-corrected chi connectivity index (χ4v) is 5.02. The number of carbonyl (C=O) groups excluding carboxylic acids is 1. The molecule has 4 nitrogen and oxygen atoms in total. The van der Waals surface area contributed by atoms with Gasteiger partial charge in [-0.1, -0.05) is 6.07 Å². The molecule has 1 aliphatic carbocycles. The number of amides is 1. The summed E-state index contributed by atoms with van der Waals surface area (Å²) in [5.74, 6) is 2.84. The molecule has 1 aromatic heterocycles. The van der Waals surface area contributed by atoms with Gasteiger partial charge in [-0.25, -0.2) is 0 Å². The zero-order valence-corrected chi connectivity index (χ0v) is 15.1. The summed E-state index contributed by atoms with van der Waals surface area (Å²) < 4.78 is 5.82. The maximum Gasteiger partial charge on any atom is 0.220 e. The number of thiophene rings is 1. The van der Waals surface area contributed by atoms with E-state index in [1.54, 1.807) is 11.3 Å². The van der Waals surface area contributed by atoms with Gasteiger partial charge in [0.2, 0.25) is 5.91 Å². The van der Waals surface area contributed by atoms with E-state index in [1.807, 2.05) is 0 Å². The van der Waals surface area contributed by atoms with Crippen molar-refractivity contribution in [1.29, 1.82) is 0 Å². The van der Waals surface area contributed by atoms with E-state index >= 15 is 0 Å². The first-order valence-electron chi connectivity index (χ1n) is 9.37. The number of likely N-dealkylation sites (tertiary alicyclic amines) is 1. The van der Waals surface area contributed by atoms with Gasteiger partial charge in [-0.3, -0.25) is 4.79 Å². The number of ether oxygens (including phenoxy) is 1. The summed E-state index contributed by atoms with van der Waals surface area (Å²) in [6, 6.07) is 4.19. The van der Waals surface area contributed by atoms with Gasteiger partial charge in [0.05, 0.1) is 13.2 Å². The molecule has 0 radical (unpaired) electrons. The molecule has 0 spiro atoms. The Morgan fingerprint density at radius 1 is 1.33 bits per heavy atom. The molecular weight excluding hydrogens is 320 g/mol. The van der Waals surface area contributed by atoms with Crippen LogP contribution in [0.3, 0.4) is 0 Å². The molecule has 5 heteroatoms. The lowest BCUT2D eigenvalue weighted by atomic mass is 9.81. The highest BCUT2D eigenvalue weighted by molar-refractivity contribution is 7.09. The van der Waals surface area contributed by atoms with E-state index in [2.05, 4.69) is 27.7 Å². The summed E-state index contributed by atoms with van der Waals surface area (Å²) in [4.78, 5) is 16.3. The Balaban J connectivity index is 1.23. The van der Waals surface area contributed by atoms with E-state index in [4.69, 9.17) is 4.74 Å². The summed E-state index contributed by atoms with van der Waals surface area (Å²) in [5, 5.41) is 5.19. The van der Waals surface area contributed by atoms with Crippen LogP contribution in [0.5, 0.6) is 0 Å². The fraction of sp³-hybridized carbons (Fsp3) is 0.737. The minimum Gasteiger partial charge on any atom is -0.381 e. The van der Waals surface area contributed by atoms with Crippen molar-refractivity contribution in [3.05, 3.63) is 22.4 Å². The van der Waals surface area contributed by atoms with Crippen molar-refractivity contribution in [2.45, 2.75) is 25.7 Å². The summed E-state index contributed by atoms with van der Waals surface area (Å²) >= 11 is 1.76. The number of rotatable bonds is 7. The summed E-state index contributed by atoms with van der Waals surface area (Å²) in [5.41, 5.74) is 0. The van der Waals surface area contributed by atoms with Crippen molar-refractivity contribution in [2.75, 3.05) is 39.4 Å². The quantitative estimate of drug-likeness (QED) is 0.823. The smallest absolute Gasteiger partial charge is 0.220 e. The lowest BCUT2D eigenvalue weighted by Crippen LogP contribution is -2.38. The van der Waals surface area contributed by atoms with Gasteiger partial charge in [0.1, 0.15) is 0 Å². The highest BCUT2D eigenvalue weighted by Gasteiger charge is 2.42. The van der Waals surface area contributed by atoms with Crippen LogP contribution in [0.1, 0.15) is 24.1 Å². The normalized spacial score (nSPS) is 30.2. The van der Waals surface area contributed by atoms with Gasteiger partial charge >= 0.3 is 0 Å². The van der Waals surface area contributed by atoms with Gasteiger partial charge in [0.15, 0.2) is 0 Å². The molecule has 2 saturated heterocycles. The first kappa shape index (κ1) is 16.6. The third-order valence-corrected chi connectivity index (χ3v) is 6.71. The molecule has 0 unspecified atom stereocenters. The molecule has 0 bridgehead atoms. The summed E-state index contributed by atoms with van der Waals surface area (Å²) in [7, 11) is 0. The average Bonchev–Trinajstić information content (AvgIpc) is 3.06. The molecule has 1 amide bonds. The molecule has 2 aliphatic heterocycles. The highest BCUT2D eigenvalue weighted by atomic mass is 32.1. The van der Waals surface area contributed by atoms with Crippen molar-refractivity contribution in [3.63, 3.8) is 0 Å². The zero-order chi connectivity index (χ0) is 16.4. The second-order valence-corrected chi connectivity index (χ2v) is 8.80. The topological polar surface area (TPSA) is 41.6 Å². The third kappa shape index (κ3) is 4.19. The second-order valence-electron chi connectivity index (χ2n) is 7.77. The Morgan fingerprint density at radius 3 is 3.04 bits per heavy atom. The number of hydrogen-bond acceptors (Lipinski definition) is 4. The molecular formula is C19H28N2O2S. The number of hydrogen-bond donors (Lipinski definition) is 1. The summed E-state index contributed by atoms with van der Waals surface area (Å²) in [6.45, 7) is 6.02. The van der Waals surface area contributed by atoms with E-state index in [1.165, 1.54) is 37.4 Å². The molecule has 3 fully saturated rings. The van der Waals surface area contributed by atoms with E-state index in [-0.39, 0.29) is 5.91 Å². The lowest BCUT2D eigenvalue weighted by molar-refractivity contribution is -0.124. The van der Waals surface area contributed by atoms with Gasteiger partial charge in [-0.2, -0.15) is 0 Å². The molecule has 0 aromatic carbocycles. The van der Waals surface area contributed by atoms with Crippen molar-refractivity contribution in [1.82, 2.24) is 10.2 Å². The predicted molar refractivity (Wildman–Crippen MR) is 96.1 cm³/mol. The van der Waals surface area contributed by atoms with Crippen molar-refractivity contribution in [3.8, 4) is 0 Å². The van der Waals surface area contributed by atoms with Crippen LogP contribution in [0.15, 0.2) is 17.5 Å². The van der Waals surface area contributed by atoms with Crippen molar-refractivity contribution in [2.24, 2.45) is 23.7 Å². The Morgan fingerprint density at radius 2 is 2.25 bits per heavy atom. The first-order chi connectivity index (χ1) is 11.8. The van der Waals surface area contributed by atoms with Crippen LogP contribution in [0.4, 0.5) is 0 Å². The molecule has 3 aliphatic rings. The van der Waals surface area contributed by atoms with Gasteiger partial charge in [0.25, 0.3) is 0 Å². The molecule has 132 valence electrons. The first-order valence-corrected chi connectivity index (χ1v) is 10.2. The van der Waals surface area contributed by atoms with Crippen LogP contribution in [0, 0.1) is 23.7 Å². The molecule has 3 heterocycles. The minimum atomic E-state index is 0.196. The van der Waals surface area contributed by atoms with Crippen LogP contribution < -0.4 is 5.32 Å². The molecule has 3 atom stereocenters. The molecule has 1 N–H and O–H groups in total. The Bertz CT molecular complexity index is 544. The monoisotopic (exact) mass is 348 g/mol. The number of carbonyl (C=O) groups is 1. The SMILES string of the molecule is O=C(C[C@@H]1COC[C@H]2CN(CC3CC3)C[C@@H]12)NCCc1cccs1. The zero-order valence-electron chi connectivity index (χ0n) is 14.3. The number of nitrogens with one attached hydrogen (secondary N) is 1. The third-order valence-electron chi connectivity index (χ3n) is 5.77. The Kier molecular flexibility index (Phi) is 5.20. The Hall–Kier alpha value is -0.910. The fourth-order valence-electron chi connectivity index (χ4n) is 4.31. The van der Waals surface area contributed by atoms with Crippen LogP contribution in [0.25, 0.3) is 0 Å². The van der Waals surface area contributed by atoms with Crippen molar-refractivity contribution >= 4 is 17.2 Å². The second kappa shape index (κ2) is 7.54. The van der Waals surface area contributed by atoms with Gasteiger partial charge in [0, 0.05) is 37.5 Å². The van der Waals surface area contributed by atoms with E-state index in [9.17, 15) is 4.79 Å². The number of nitrogens with zero attached hydrogens (tertiary/aromatic N) is 1. The maximum atomic E-state index is 12.3. The van der Waals surface area contributed by atoms with Crippen LogP contribution in [0.2, 0.25) is 0 Å². The van der Waals surface area contributed by atoms with Crippen LogP contribution in [-0.2, 0) is 16.0 Å². The van der Waals surface area contributed by atoms with E-state index in [0.717, 1.165) is 32.1 Å². The van der Waals surface area contributed by atoms with Gasteiger partial charge in [-0.15, -0.1) is 11.3 Å². The Labute approximate surface area is 148 Å². The van der Waals surface area contributed by atoms with Crippen LogP contribution >= 0.6 is 11.3 Å². The van der Waals surface area contributed by atoms with Crippen molar-refractivity contribution < 1.29 is 9.53 Å². The van der Waals surface area contributed by atoms with Gasteiger partial charge in [-0.05, 0) is 54.4 Å². The lowest BCUT2D eigenvalue weighted by Gasteiger charge is -2.32. The average molecular weight is 349 g/mol. The van der Waals surface area contributed by atoms with E-state index < -0.39 is 0 Å². The van der Waals surface area contributed by atoms with Gasteiger partial charge < -0.3 is 15.0 Å². The molecule has 24 heavy (non-hydrogen) atoms. The highest BCUT2D eigenvalue weighted by Crippen LogP contribution is 2.38. The largest absolute Gasteiger partial charge is 0.381 e. The molecule has 4 rings (SSSR count). The maximum absolute atomic E-state index is 12.3. The van der Waals surface area contributed by atoms with E-state index in [0.29, 0.717) is 24.2 Å². The summed E-state index contributed by atoms with van der Waals surface area (Å²) in [6.07, 6.45) is 4.39. The molecule has 1 saturated carbocycles. The number of fused-ring (bicyclic) bond motifs is 1. The van der Waals surface area contributed by atoms with Crippen LogP contribution in [-0.4, -0.2) is 50.2 Å². The standard InChI is InChI=1S/C19H28N2O2S/c22-19(20-6-5-17-2-1-7-24-17)8-15-12-23-13-16-10-21(11-18(15)16)9-14-3-4-14/h1-2,7,14-16,18H,3-6,8-13H2,(H,20,22)/t15-,16-,18+/m1/s1. The molecule has 1 aromatic rings.